The van der Waals surface area contributed by atoms with E-state index in [1.807, 2.05) is 7.05 Å². The van der Waals surface area contributed by atoms with Crippen LogP contribution in [0.15, 0.2) is 41.2 Å². The number of piperazine rings is 1. The highest BCUT2D eigenvalue weighted by Crippen LogP contribution is 2.55. The van der Waals surface area contributed by atoms with Gasteiger partial charge in [0.15, 0.2) is 5.75 Å². The summed E-state index contributed by atoms with van der Waals surface area (Å²) in [7, 11) is -1.79. The quantitative estimate of drug-likeness (QED) is 0.0694. The van der Waals surface area contributed by atoms with Crippen LogP contribution in [-0.4, -0.2) is 135 Å². The Kier molecular flexibility index (Phi) is 15.1. The van der Waals surface area contributed by atoms with Crippen LogP contribution in [0.4, 0.5) is 5.69 Å². The van der Waals surface area contributed by atoms with E-state index >= 15 is 0 Å². The second-order valence-corrected chi connectivity index (χ2v) is 17.9. The number of phenolic OH excluding ortho intramolecular Hbond substituents is 3. The molecule has 4 aliphatic heterocycles. The number of aliphatic hydroxyl groups is 1. The number of Topliss-reactive ketones (excluding diaryl/α,β-unsaturated/α-hetero) is 1. The van der Waals surface area contributed by atoms with Crippen LogP contribution in [0.1, 0.15) is 70.0 Å². The Labute approximate surface area is 365 Å². The number of anilines is 1. The average molecular weight is 903 g/mol. The van der Waals surface area contributed by atoms with Gasteiger partial charge in [0.25, 0.3) is 11.7 Å². The number of likely N-dealkylation sites (N-methyl/N-ethyl adjacent to an activating group) is 1. The van der Waals surface area contributed by atoms with Crippen molar-refractivity contribution >= 4 is 48.2 Å². The van der Waals surface area contributed by atoms with Gasteiger partial charge in [0.2, 0.25) is 0 Å². The van der Waals surface area contributed by atoms with Gasteiger partial charge in [-0.2, -0.15) is 5.10 Å². The van der Waals surface area contributed by atoms with E-state index < -0.39 is 96.6 Å². The number of fused-ring (bicyclic) bond motifs is 14. The molecule has 2 aromatic rings. The van der Waals surface area contributed by atoms with Gasteiger partial charge in [-0.25, -0.2) is 4.57 Å². The number of nitrogens with zero attached hydrogens (tertiary/aromatic N) is 3. The number of carbonyl (C=O) groups is 3. The summed E-state index contributed by atoms with van der Waals surface area (Å²) in [4.78, 5) is 62.7. The van der Waals surface area contributed by atoms with E-state index in [1.165, 1.54) is 72.2 Å². The Morgan fingerprint density at radius 3 is 2.21 bits per heavy atom. The van der Waals surface area contributed by atoms with Crippen LogP contribution in [0.3, 0.4) is 0 Å². The van der Waals surface area contributed by atoms with E-state index in [1.54, 1.807) is 25.8 Å². The number of ketones is 1. The van der Waals surface area contributed by atoms with Crippen molar-refractivity contribution in [1.82, 2.24) is 9.91 Å². The first-order valence-corrected chi connectivity index (χ1v) is 22.1. The molecule has 7 N–H and O–H groups in total. The van der Waals surface area contributed by atoms with Crippen LogP contribution in [-0.2, 0) is 32.9 Å². The lowest BCUT2D eigenvalue weighted by Gasteiger charge is -2.39. The lowest BCUT2D eigenvalue weighted by molar-refractivity contribution is -0.160. The molecule has 0 radical (unpaired) electrons. The molecule has 63 heavy (non-hydrogen) atoms. The molecule has 4 aliphatic rings. The minimum Gasteiger partial charge on any atom is -0.507 e. The maximum absolute atomic E-state index is 14.5. The highest BCUT2D eigenvalue weighted by Gasteiger charge is 2.50. The molecule has 19 nitrogen and oxygen atoms in total. The maximum atomic E-state index is 14.5. The largest absolute Gasteiger partial charge is 0.507 e. The number of nitrogens with one attached hydrogen (secondary N) is 1. The van der Waals surface area contributed by atoms with Crippen LogP contribution in [0.2, 0.25) is 0 Å². The summed E-state index contributed by atoms with van der Waals surface area (Å²) in [5, 5.41) is 55.7. The number of phenols is 3. The molecule has 4 heterocycles. The Hall–Kier alpha value is -5.01. The van der Waals surface area contributed by atoms with E-state index in [4.69, 9.17) is 23.5 Å². The Balaban J connectivity index is 1.73. The van der Waals surface area contributed by atoms with Crippen molar-refractivity contribution in [2.45, 2.75) is 85.6 Å². The van der Waals surface area contributed by atoms with Gasteiger partial charge in [0.05, 0.1) is 53.0 Å². The van der Waals surface area contributed by atoms with Crippen LogP contribution >= 0.6 is 7.82 Å². The number of aliphatic hydroxyl groups excluding tert-OH is 1. The van der Waals surface area contributed by atoms with E-state index in [9.17, 15) is 49.2 Å². The summed E-state index contributed by atoms with van der Waals surface area (Å²) in [6, 6.07) is 0. The summed E-state index contributed by atoms with van der Waals surface area (Å²) in [5.41, 5.74) is -0.656. The first-order valence-electron chi connectivity index (χ1n) is 20.5. The number of carbonyl (C=O) groups excluding carboxylic acids is 3. The zero-order valence-electron chi connectivity index (χ0n) is 37.1. The first-order chi connectivity index (χ1) is 29.4. The number of aromatic hydroxyl groups is 3. The molecule has 0 aliphatic carbocycles. The summed E-state index contributed by atoms with van der Waals surface area (Å²) in [6.07, 6.45) is 3.55. The smallest absolute Gasteiger partial charge is 0.469 e. The van der Waals surface area contributed by atoms with Gasteiger partial charge in [-0.05, 0) is 27.0 Å². The molecule has 9 atom stereocenters. The number of methoxy groups -OCH3 is 1. The van der Waals surface area contributed by atoms with Crippen molar-refractivity contribution in [2.24, 2.45) is 28.8 Å². The van der Waals surface area contributed by atoms with E-state index in [0.29, 0.717) is 26.2 Å². The number of hydrazone groups is 1. The lowest BCUT2D eigenvalue weighted by Crippen LogP contribution is -2.47. The van der Waals surface area contributed by atoms with Crippen molar-refractivity contribution in [3.8, 4) is 23.0 Å². The second-order valence-electron chi connectivity index (χ2n) is 16.7. The van der Waals surface area contributed by atoms with Gasteiger partial charge in [-0.1, -0.05) is 45.9 Å². The highest BCUT2D eigenvalue weighted by molar-refractivity contribution is 7.46. The third-order valence-corrected chi connectivity index (χ3v) is 12.6. The summed E-state index contributed by atoms with van der Waals surface area (Å²) in [6.45, 7) is 14.2. The SMILES string of the molecule is CO[C@H]1/C=C\O[C@@]2(C)Oc3c(C)c(O)c4c(O)c(c(/C=N\N5CCN(C)CC5)c(O)c4c3C2=O)NC(=O)/C(C)=C/C=C\[C@H](C)[C@H](OP(=O)(O)O)[C@@H](C)[C@@H](O)[C@@H](C)[C@H](OC(C)=O)[C@@H]1C. The van der Waals surface area contributed by atoms with Crippen molar-refractivity contribution in [3.05, 3.63) is 52.8 Å². The summed E-state index contributed by atoms with van der Waals surface area (Å²) in [5.74, 6) is -9.71. The molecule has 6 rings (SSSR count). The van der Waals surface area contributed by atoms with Gasteiger partial charge in [0.1, 0.15) is 23.4 Å². The molecule has 0 spiro atoms. The number of phosphoric acid groups is 1. The minimum absolute atomic E-state index is 0.0178. The molecule has 0 unspecified atom stereocenters. The molecule has 346 valence electrons. The normalized spacial score (nSPS) is 31.1. The van der Waals surface area contributed by atoms with Crippen LogP contribution < -0.4 is 10.1 Å². The number of benzene rings is 2. The van der Waals surface area contributed by atoms with Crippen molar-refractivity contribution < 1.29 is 72.6 Å². The van der Waals surface area contributed by atoms with Gasteiger partial charge in [0, 0.05) is 87.3 Å². The fourth-order valence-corrected chi connectivity index (χ4v) is 8.96. The zero-order valence-corrected chi connectivity index (χ0v) is 38.0. The van der Waals surface area contributed by atoms with Crippen LogP contribution in [0, 0.1) is 30.6 Å². The highest BCUT2D eigenvalue weighted by atomic mass is 31.2. The Morgan fingerprint density at radius 1 is 0.968 bits per heavy atom. The Bertz CT molecular complexity index is 2270. The molecule has 1 fully saturated rings. The van der Waals surface area contributed by atoms with Gasteiger partial charge in [-0.3, -0.25) is 23.9 Å². The van der Waals surface area contributed by atoms with Gasteiger partial charge in [-0.15, -0.1) is 0 Å². The van der Waals surface area contributed by atoms with Crippen molar-refractivity contribution in [1.29, 1.82) is 0 Å². The molecule has 0 saturated carbocycles. The Morgan fingerprint density at radius 2 is 1.60 bits per heavy atom. The fraction of sp³-hybridized carbons (Fsp3) is 0.535. The summed E-state index contributed by atoms with van der Waals surface area (Å²) >= 11 is 0. The number of esters is 1. The predicted molar refractivity (Wildman–Crippen MR) is 231 cm³/mol. The lowest BCUT2D eigenvalue weighted by atomic mass is 9.78. The molecule has 20 heteroatoms. The van der Waals surface area contributed by atoms with Crippen LogP contribution in [0.25, 0.3) is 10.8 Å². The zero-order chi connectivity index (χ0) is 46.9. The molecule has 0 aromatic heterocycles. The number of allylic oxidation sites excluding steroid dienone is 2. The van der Waals surface area contributed by atoms with Gasteiger partial charge < -0.3 is 59.4 Å². The summed E-state index contributed by atoms with van der Waals surface area (Å²) < 4.78 is 41.0. The molecular weight excluding hydrogens is 843 g/mol. The van der Waals surface area contributed by atoms with E-state index in [2.05, 4.69) is 15.3 Å². The number of rotatable bonds is 6. The number of phosphoric ester groups is 1. The standard InChI is InChI=1S/C43H59N4O15P/c1-21-12-11-13-22(2)42(54)45-33-28(20-44-47-17-15-46(9)16-18-47)36(51)30-31(37(33)52)35(50)26(6)40-32(30)41(53)43(8,61-40)59-19-14-29(58-10)23(3)39(60-27(7)48)25(5)34(49)24(4)38(21)62-63(55,56)57/h11-14,19-21,23-25,29,34,38-39,49-52H,15-18H2,1-10H3,(H,45,54)(H2,55,56,57)/b12-11-,19-14-,22-13+,44-20-/t21-,23+,24-,25+,29-,34+,38-,39+,43-/m0/s1. The van der Waals surface area contributed by atoms with E-state index in [0.717, 1.165) is 6.26 Å². The van der Waals surface area contributed by atoms with Crippen LogP contribution in [0.5, 0.6) is 23.0 Å². The molecule has 1 saturated heterocycles. The topological polar surface area (TPSA) is 267 Å². The maximum Gasteiger partial charge on any atom is 0.469 e. The molecule has 1 amide bonds. The average Bonchev–Trinajstić information content (AvgIpc) is 3.48. The number of amides is 1. The second kappa shape index (κ2) is 19.4. The minimum atomic E-state index is -5.14. The van der Waals surface area contributed by atoms with Gasteiger partial charge >= 0.3 is 19.6 Å². The first kappa shape index (κ1) is 49.0. The molecule has 2 aromatic carbocycles. The fourth-order valence-electron chi connectivity index (χ4n) is 8.26. The monoisotopic (exact) mass is 902 g/mol. The van der Waals surface area contributed by atoms with E-state index in [-0.39, 0.29) is 44.5 Å². The number of hydrogen-bond acceptors (Lipinski definition) is 16. The molecule has 5 bridgehead atoms. The number of ether oxygens (including phenoxy) is 4. The van der Waals surface area contributed by atoms with Crippen molar-refractivity contribution in [3.63, 3.8) is 0 Å². The third-order valence-electron chi connectivity index (χ3n) is 12.1. The van der Waals surface area contributed by atoms with Crippen molar-refractivity contribution in [2.75, 3.05) is 45.7 Å². The molecular formula is C43H59N4O15P. The number of hydrogen-bond donors (Lipinski definition) is 7. The third kappa shape index (κ3) is 10.4. The predicted octanol–water partition coefficient (Wildman–Crippen LogP) is 4.45.